The number of hydrazine groups is 1. The Morgan fingerprint density at radius 1 is 1.59 bits per heavy atom. The fourth-order valence-corrected chi connectivity index (χ4v) is 1.47. The summed E-state index contributed by atoms with van der Waals surface area (Å²) in [7, 11) is 3.11. The maximum atomic E-state index is 14.0. The molecule has 0 unspecified atom stereocenters. The number of nitrogens with zero attached hydrogens (tertiary/aromatic N) is 2. The van der Waals surface area contributed by atoms with Crippen molar-refractivity contribution in [2.45, 2.75) is 6.54 Å². The second-order valence-corrected chi connectivity index (χ2v) is 3.28. The molecule has 0 aliphatic carbocycles. The Hall–Kier alpha value is -1.86. The minimum atomic E-state index is -0.458. The summed E-state index contributed by atoms with van der Waals surface area (Å²) in [5, 5.41) is 7.30. The number of methoxy groups -OCH3 is 1. The molecule has 0 saturated heterocycles. The highest BCUT2D eigenvalue weighted by Gasteiger charge is 2.15. The molecule has 1 aromatic carbocycles. The van der Waals surface area contributed by atoms with Crippen molar-refractivity contribution < 1.29 is 9.13 Å². The van der Waals surface area contributed by atoms with Crippen molar-refractivity contribution in [1.29, 1.82) is 0 Å². The van der Waals surface area contributed by atoms with E-state index in [1.807, 2.05) is 0 Å². The zero-order chi connectivity index (χ0) is 12.8. The average molecular weight is 241 g/mol. The van der Waals surface area contributed by atoms with Crippen molar-refractivity contribution in [1.82, 2.24) is 5.32 Å². The number of halogens is 1. The topological polar surface area (TPSA) is 88.9 Å². The molecule has 0 aliphatic heterocycles. The predicted octanol–water partition coefficient (Wildman–Crippen LogP) is 0.136. The van der Waals surface area contributed by atoms with Gasteiger partial charge in [-0.2, -0.15) is 5.10 Å². The highest BCUT2D eigenvalue weighted by molar-refractivity contribution is 5.79. The van der Waals surface area contributed by atoms with E-state index in [2.05, 4.69) is 10.4 Å². The van der Waals surface area contributed by atoms with Gasteiger partial charge in [0.15, 0.2) is 11.6 Å². The first kappa shape index (κ1) is 13.2. The molecule has 0 spiro atoms. The van der Waals surface area contributed by atoms with Crippen molar-refractivity contribution in [3.63, 3.8) is 0 Å². The summed E-state index contributed by atoms with van der Waals surface area (Å²) in [6.45, 7) is 0.310. The van der Waals surface area contributed by atoms with E-state index in [0.29, 0.717) is 17.8 Å². The van der Waals surface area contributed by atoms with Crippen LogP contribution >= 0.6 is 0 Å². The van der Waals surface area contributed by atoms with E-state index in [4.69, 9.17) is 16.4 Å². The minimum absolute atomic E-state index is 0.164. The van der Waals surface area contributed by atoms with Crippen LogP contribution in [-0.2, 0) is 6.54 Å². The second-order valence-electron chi connectivity index (χ2n) is 3.28. The van der Waals surface area contributed by atoms with E-state index in [1.54, 1.807) is 13.1 Å². The molecule has 0 fully saturated rings. The van der Waals surface area contributed by atoms with Crippen LogP contribution in [0.1, 0.15) is 5.56 Å². The third kappa shape index (κ3) is 2.83. The highest BCUT2D eigenvalue weighted by atomic mass is 19.1. The number of nitrogens with one attached hydrogen (secondary N) is 1. The van der Waals surface area contributed by atoms with Crippen LogP contribution in [0.5, 0.6) is 5.75 Å². The van der Waals surface area contributed by atoms with Gasteiger partial charge in [0.25, 0.3) is 0 Å². The third-order valence-electron chi connectivity index (χ3n) is 2.23. The van der Waals surface area contributed by atoms with Crippen LogP contribution in [0.25, 0.3) is 0 Å². The summed E-state index contributed by atoms with van der Waals surface area (Å²) in [5.74, 6) is 10.4. The normalized spacial score (nSPS) is 10.8. The van der Waals surface area contributed by atoms with Crippen LogP contribution < -0.4 is 26.7 Å². The van der Waals surface area contributed by atoms with E-state index < -0.39 is 5.82 Å². The van der Waals surface area contributed by atoms with Gasteiger partial charge in [-0.05, 0) is 19.2 Å². The first-order chi connectivity index (χ1) is 8.15. The molecule has 1 aromatic rings. The van der Waals surface area contributed by atoms with E-state index in [1.165, 1.54) is 19.5 Å². The lowest BCUT2D eigenvalue weighted by Crippen LogP contribution is -2.31. The Labute approximate surface area is 99.0 Å². The summed E-state index contributed by atoms with van der Waals surface area (Å²) >= 11 is 0. The average Bonchev–Trinajstić information content (AvgIpc) is 2.32. The Kier molecular flexibility index (Phi) is 4.68. The summed E-state index contributed by atoms with van der Waals surface area (Å²) in [6.07, 6.45) is 1.19. The van der Waals surface area contributed by atoms with Crippen molar-refractivity contribution in [3.05, 3.63) is 23.5 Å². The Balaban J connectivity index is 3.25. The van der Waals surface area contributed by atoms with Gasteiger partial charge < -0.3 is 15.9 Å². The molecule has 5 N–H and O–H groups in total. The van der Waals surface area contributed by atoms with Crippen molar-refractivity contribution in [2.24, 2.45) is 16.8 Å². The van der Waals surface area contributed by atoms with Crippen LogP contribution in [0.3, 0.4) is 0 Å². The zero-order valence-electron chi connectivity index (χ0n) is 9.77. The lowest BCUT2D eigenvalue weighted by Gasteiger charge is -2.18. The molecular weight excluding hydrogens is 225 g/mol. The summed E-state index contributed by atoms with van der Waals surface area (Å²) in [5.41, 5.74) is 0.848. The second kappa shape index (κ2) is 6.02. The molecule has 7 heteroatoms. The number of hydrazone groups is 1. The van der Waals surface area contributed by atoms with Crippen LogP contribution in [0, 0.1) is 5.82 Å². The van der Waals surface area contributed by atoms with Gasteiger partial charge in [0, 0.05) is 12.1 Å². The number of benzene rings is 1. The highest BCUT2D eigenvalue weighted by Crippen LogP contribution is 2.28. The number of hydrogen-bond acceptors (Lipinski definition) is 5. The zero-order valence-corrected chi connectivity index (χ0v) is 9.77. The first-order valence-electron chi connectivity index (χ1n) is 4.93. The molecule has 6 nitrogen and oxygen atoms in total. The smallest absolute Gasteiger partial charge is 0.171 e. The van der Waals surface area contributed by atoms with Crippen molar-refractivity contribution in [3.8, 4) is 5.75 Å². The maximum absolute atomic E-state index is 14.0. The van der Waals surface area contributed by atoms with Crippen LogP contribution in [0.15, 0.2) is 17.2 Å². The van der Waals surface area contributed by atoms with E-state index in [9.17, 15) is 4.39 Å². The van der Waals surface area contributed by atoms with Crippen LogP contribution in [0.4, 0.5) is 10.1 Å². The maximum Gasteiger partial charge on any atom is 0.171 e. The van der Waals surface area contributed by atoms with Gasteiger partial charge in [-0.1, -0.05) is 0 Å². The van der Waals surface area contributed by atoms with Crippen molar-refractivity contribution >= 4 is 12.0 Å². The van der Waals surface area contributed by atoms with Crippen molar-refractivity contribution in [2.75, 3.05) is 19.2 Å². The van der Waals surface area contributed by atoms with Gasteiger partial charge in [0.1, 0.15) is 6.34 Å². The van der Waals surface area contributed by atoms with E-state index in [0.717, 1.165) is 5.01 Å². The Morgan fingerprint density at radius 3 is 2.82 bits per heavy atom. The number of hydrogen-bond donors (Lipinski definition) is 3. The quantitative estimate of drug-likeness (QED) is 0.295. The van der Waals surface area contributed by atoms with Gasteiger partial charge in [0.2, 0.25) is 0 Å². The molecule has 0 heterocycles. The van der Waals surface area contributed by atoms with Gasteiger partial charge in [-0.25, -0.2) is 10.2 Å². The molecule has 0 saturated carbocycles. The fraction of sp³-hybridized carbons (Fsp3) is 0.300. The van der Waals surface area contributed by atoms with Crippen LogP contribution in [0.2, 0.25) is 0 Å². The molecule has 17 heavy (non-hydrogen) atoms. The lowest BCUT2D eigenvalue weighted by atomic mass is 10.1. The number of rotatable bonds is 5. The number of anilines is 1. The molecule has 1 rings (SSSR count). The van der Waals surface area contributed by atoms with Gasteiger partial charge in [-0.3, -0.25) is 5.01 Å². The molecule has 0 radical (unpaired) electrons. The number of nitrogens with two attached hydrogens (primary N) is 2. The molecular formula is C10H16FN5O. The molecule has 0 aromatic heterocycles. The third-order valence-corrected chi connectivity index (χ3v) is 2.23. The number of ether oxygens (including phenoxy) is 1. The SMILES string of the molecule is CNCc1c(N(N)/C=N\N)ccc(OC)c1F. The predicted molar refractivity (Wildman–Crippen MR) is 65.1 cm³/mol. The molecule has 0 bridgehead atoms. The summed E-state index contributed by atoms with van der Waals surface area (Å²) in [4.78, 5) is 0. The first-order valence-corrected chi connectivity index (χ1v) is 4.93. The summed E-state index contributed by atoms with van der Waals surface area (Å²) in [6, 6.07) is 3.13. The molecule has 94 valence electrons. The molecule has 0 aliphatic rings. The van der Waals surface area contributed by atoms with Gasteiger partial charge in [0.05, 0.1) is 12.8 Å². The largest absolute Gasteiger partial charge is 0.494 e. The molecule has 0 amide bonds. The molecule has 0 atom stereocenters. The lowest BCUT2D eigenvalue weighted by molar-refractivity contribution is 0.384. The van der Waals surface area contributed by atoms with Gasteiger partial charge >= 0.3 is 0 Å². The minimum Gasteiger partial charge on any atom is -0.494 e. The fourth-order valence-electron chi connectivity index (χ4n) is 1.47. The van der Waals surface area contributed by atoms with Gasteiger partial charge in [-0.15, -0.1) is 0 Å². The Morgan fingerprint density at radius 2 is 2.29 bits per heavy atom. The van der Waals surface area contributed by atoms with E-state index in [-0.39, 0.29) is 5.75 Å². The van der Waals surface area contributed by atoms with Crippen LogP contribution in [-0.4, -0.2) is 20.5 Å². The standard InChI is InChI=1S/C10H16FN5O/c1-14-5-7-8(16(13)6-15-12)3-4-9(17-2)10(7)11/h3-4,6,14H,5,12-13H2,1-2H3/b15-6-. The summed E-state index contributed by atoms with van der Waals surface area (Å²) < 4.78 is 18.9. The van der Waals surface area contributed by atoms with E-state index >= 15 is 0 Å². The monoisotopic (exact) mass is 241 g/mol. The Bertz CT molecular complexity index is 410.